The minimum atomic E-state index is -0.0152. The largest absolute Gasteiger partial charge is 0.467 e. The Morgan fingerprint density at radius 3 is 2.88 bits per heavy atom. The molecule has 1 aliphatic heterocycles. The van der Waals surface area contributed by atoms with Gasteiger partial charge in [-0.3, -0.25) is 4.79 Å². The van der Waals surface area contributed by atoms with Crippen LogP contribution in [0.2, 0.25) is 0 Å². The van der Waals surface area contributed by atoms with Gasteiger partial charge in [-0.05, 0) is 49.9 Å². The van der Waals surface area contributed by atoms with E-state index in [2.05, 4.69) is 26.5 Å². The third kappa shape index (κ3) is 3.42. The van der Waals surface area contributed by atoms with Crippen LogP contribution in [0.1, 0.15) is 43.1 Å². The molecule has 4 rings (SSSR count). The first-order chi connectivity index (χ1) is 11.8. The SMILES string of the molecule is O=C(NCc1ccco1)C1CCCN(c2ccc(C3CC3)nn2)C1. The van der Waals surface area contributed by atoms with E-state index in [-0.39, 0.29) is 11.8 Å². The number of amides is 1. The Labute approximate surface area is 141 Å². The smallest absolute Gasteiger partial charge is 0.225 e. The highest BCUT2D eigenvalue weighted by Crippen LogP contribution is 2.38. The van der Waals surface area contributed by atoms with Gasteiger partial charge in [0.1, 0.15) is 5.76 Å². The summed E-state index contributed by atoms with van der Waals surface area (Å²) in [6, 6.07) is 7.82. The molecule has 1 N–H and O–H groups in total. The van der Waals surface area contributed by atoms with E-state index in [9.17, 15) is 4.79 Å². The molecule has 1 saturated carbocycles. The zero-order valence-corrected chi connectivity index (χ0v) is 13.6. The lowest BCUT2D eigenvalue weighted by Crippen LogP contribution is -2.43. The van der Waals surface area contributed by atoms with E-state index >= 15 is 0 Å². The molecule has 24 heavy (non-hydrogen) atoms. The fourth-order valence-corrected chi connectivity index (χ4v) is 3.23. The molecule has 3 heterocycles. The number of piperidine rings is 1. The van der Waals surface area contributed by atoms with Crippen molar-refractivity contribution in [3.63, 3.8) is 0 Å². The molecule has 2 aliphatic rings. The van der Waals surface area contributed by atoms with Gasteiger partial charge in [0.25, 0.3) is 0 Å². The molecule has 1 saturated heterocycles. The number of furan rings is 1. The second-order valence-corrected chi connectivity index (χ2v) is 6.67. The maximum Gasteiger partial charge on any atom is 0.225 e. The zero-order valence-electron chi connectivity index (χ0n) is 13.6. The Hall–Kier alpha value is -2.37. The van der Waals surface area contributed by atoms with Crippen LogP contribution in [-0.4, -0.2) is 29.2 Å². The lowest BCUT2D eigenvalue weighted by atomic mass is 9.97. The van der Waals surface area contributed by atoms with Gasteiger partial charge in [0.2, 0.25) is 5.91 Å². The van der Waals surface area contributed by atoms with Crippen LogP contribution in [0.25, 0.3) is 0 Å². The predicted molar refractivity (Wildman–Crippen MR) is 89.5 cm³/mol. The van der Waals surface area contributed by atoms with Crippen LogP contribution in [0.15, 0.2) is 34.9 Å². The molecule has 2 fully saturated rings. The van der Waals surface area contributed by atoms with Crippen LogP contribution in [-0.2, 0) is 11.3 Å². The number of nitrogens with zero attached hydrogens (tertiary/aromatic N) is 3. The van der Waals surface area contributed by atoms with Gasteiger partial charge in [-0.2, -0.15) is 5.10 Å². The summed E-state index contributed by atoms with van der Waals surface area (Å²) in [7, 11) is 0. The summed E-state index contributed by atoms with van der Waals surface area (Å²) in [5, 5.41) is 11.7. The van der Waals surface area contributed by atoms with Crippen LogP contribution < -0.4 is 10.2 Å². The Kier molecular flexibility index (Phi) is 4.19. The second-order valence-electron chi connectivity index (χ2n) is 6.67. The molecule has 126 valence electrons. The van der Waals surface area contributed by atoms with Crippen LogP contribution in [0.4, 0.5) is 5.82 Å². The number of hydrogen-bond donors (Lipinski definition) is 1. The van der Waals surface area contributed by atoms with Crippen molar-refractivity contribution in [1.82, 2.24) is 15.5 Å². The summed E-state index contributed by atoms with van der Waals surface area (Å²) < 4.78 is 5.25. The molecule has 1 unspecified atom stereocenters. The number of hydrogen-bond acceptors (Lipinski definition) is 5. The van der Waals surface area contributed by atoms with Gasteiger partial charge in [0.05, 0.1) is 24.4 Å². The summed E-state index contributed by atoms with van der Waals surface area (Å²) in [6.07, 6.45) is 5.98. The number of nitrogens with one attached hydrogen (secondary N) is 1. The van der Waals surface area contributed by atoms with Crippen molar-refractivity contribution >= 4 is 11.7 Å². The molecule has 2 aromatic heterocycles. The lowest BCUT2D eigenvalue weighted by molar-refractivity contribution is -0.125. The highest BCUT2D eigenvalue weighted by Gasteiger charge is 2.28. The van der Waals surface area contributed by atoms with E-state index in [1.807, 2.05) is 18.2 Å². The van der Waals surface area contributed by atoms with E-state index < -0.39 is 0 Å². The maximum atomic E-state index is 12.4. The summed E-state index contributed by atoms with van der Waals surface area (Å²) in [6.45, 7) is 2.07. The molecule has 0 spiro atoms. The van der Waals surface area contributed by atoms with E-state index in [0.29, 0.717) is 19.0 Å². The summed E-state index contributed by atoms with van der Waals surface area (Å²) in [4.78, 5) is 14.6. The molecular weight excluding hydrogens is 304 g/mol. The first kappa shape index (κ1) is 15.2. The first-order valence-electron chi connectivity index (χ1n) is 8.68. The van der Waals surface area contributed by atoms with Gasteiger partial charge in [0.15, 0.2) is 5.82 Å². The summed E-state index contributed by atoms with van der Waals surface area (Å²) >= 11 is 0. The van der Waals surface area contributed by atoms with Crippen molar-refractivity contribution in [2.75, 3.05) is 18.0 Å². The normalized spacial score (nSPS) is 20.8. The molecule has 6 nitrogen and oxygen atoms in total. The van der Waals surface area contributed by atoms with E-state index in [4.69, 9.17) is 4.42 Å². The monoisotopic (exact) mass is 326 g/mol. The topological polar surface area (TPSA) is 71.3 Å². The van der Waals surface area contributed by atoms with Gasteiger partial charge in [-0.25, -0.2) is 0 Å². The van der Waals surface area contributed by atoms with Gasteiger partial charge in [-0.1, -0.05) is 0 Å². The Bertz CT molecular complexity index is 680. The molecule has 1 amide bonds. The van der Waals surface area contributed by atoms with Crippen LogP contribution in [0.3, 0.4) is 0 Å². The fourth-order valence-electron chi connectivity index (χ4n) is 3.23. The molecular formula is C18H22N4O2. The molecule has 0 bridgehead atoms. The molecule has 0 radical (unpaired) electrons. The van der Waals surface area contributed by atoms with E-state index in [1.54, 1.807) is 6.26 Å². The first-order valence-corrected chi connectivity index (χ1v) is 8.68. The average molecular weight is 326 g/mol. The van der Waals surface area contributed by atoms with Crippen molar-refractivity contribution in [2.24, 2.45) is 5.92 Å². The molecule has 6 heteroatoms. The van der Waals surface area contributed by atoms with Gasteiger partial charge >= 0.3 is 0 Å². The van der Waals surface area contributed by atoms with Gasteiger partial charge < -0.3 is 14.6 Å². The predicted octanol–water partition coefficient (Wildman–Crippen LogP) is 2.48. The third-order valence-electron chi connectivity index (χ3n) is 4.80. The third-order valence-corrected chi connectivity index (χ3v) is 4.80. The lowest BCUT2D eigenvalue weighted by Gasteiger charge is -2.32. The highest BCUT2D eigenvalue weighted by atomic mass is 16.3. The maximum absolute atomic E-state index is 12.4. The quantitative estimate of drug-likeness (QED) is 0.914. The number of aromatic nitrogens is 2. The van der Waals surface area contributed by atoms with Crippen LogP contribution >= 0.6 is 0 Å². The minimum Gasteiger partial charge on any atom is -0.467 e. The van der Waals surface area contributed by atoms with Crippen molar-refractivity contribution in [1.29, 1.82) is 0 Å². The molecule has 1 aliphatic carbocycles. The van der Waals surface area contributed by atoms with Crippen molar-refractivity contribution in [2.45, 2.75) is 38.1 Å². The Morgan fingerprint density at radius 2 is 2.17 bits per heavy atom. The summed E-state index contributed by atoms with van der Waals surface area (Å²) in [5.74, 6) is 2.34. The zero-order chi connectivity index (χ0) is 16.4. The van der Waals surface area contributed by atoms with Crippen LogP contribution in [0.5, 0.6) is 0 Å². The molecule has 1 atom stereocenters. The summed E-state index contributed by atoms with van der Waals surface area (Å²) in [5.41, 5.74) is 1.10. The highest BCUT2D eigenvalue weighted by molar-refractivity contribution is 5.79. The van der Waals surface area contributed by atoms with Crippen molar-refractivity contribution in [3.8, 4) is 0 Å². The Balaban J connectivity index is 1.35. The van der Waals surface area contributed by atoms with Gasteiger partial charge in [-0.15, -0.1) is 5.10 Å². The van der Waals surface area contributed by atoms with E-state index in [0.717, 1.165) is 36.7 Å². The average Bonchev–Trinajstić information content (AvgIpc) is 3.36. The van der Waals surface area contributed by atoms with Crippen molar-refractivity contribution < 1.29 is 9.21 Å². The fraction of sp³-hybridized carbons (Fsp3) is 0.500. The number of anilines is 1. The number of carbonyl (C=O) groups excluding carboxylic acids is 1. The molecule has 2 aromatic rings. The van der Waals surface area contributed by atoms with Crippen LogP contribution in [0, 0.1) is 5.92 Å². The Morgan fingerprint density at radius 1 is 1.25 bits per heavy atom. The molecule has 0 aromatic carbocycles. The van der Waals surface area contributed by atoms with Crippen molar-refractivity contribution in [3.05, 3.63) is 42.0 Å². The number of rotatable bonds is 5. The standard InChI is InChI=1S/C18H22N4O2/c23-18(19-11-15-4-2-10-24-15)14-3-1-9-22(12-14)17-8-7-16(20-21-17)13-5-6-13/h2,4,7-8,10,13-14H,1,3,5-6,9,11-12H2,(H,19,23). The number of carbonyl (C=O) groups is 1. The van der Waals surface area contributed by atoms with E-state index in [1.165, 1.54) is 12.8 Å². The second kappa shape index (κ2) is 6.63. The van der Waals surface area contributed by atoms with Gasteiger partial charge in [0, 0.05) is 19.0 Å². The minimum absolute atomic E-state index is 0.0152.